The van der Waals surface area contributed by atoms with Gasteiger partial charge >= 0.3 is 0 Å². The van der Waals surface area contributed by atoms with Gasteiger partial charge in [0.15, 0.2) is 11.6 Å². The van der Waals surface area contributed by atoms with E-state index in [1.807, 2.05) is 60.7 Å². The lowest BCUT2D eigenvalue weighted by molar-refractivity contribution is 0.432. The molecule has 1 heterocycles. The van der Waals surface area contributed by atoms with Gasteiger partial charge in [0.2, 0.25) is 0 Å². The Morgan fingerprint density at radius 2 is 1.38 bits per heavy atom. The van der Waals surface area contributed by atoms with Crippen LogP contribution in [0.4, 0.5) is 4.39 Å². The molecular weight excluding hydrogens is 425 g/mol. The average Bonchev–Trinajstić information content (AvgIpc) is 2.81. The van der Waals surface area contributed by atoms with Gasteiger partial charge in [0.25, 0.3) is 0 Å². The topological polar surface area (TPSA) is 53.4 Å². The summed E-state index contributed by atoms with van der Waals surface area (Å²) in [5.74, 6) is -0.906. The van der Waals surface area contributed by atoms with E-state index in [0.29, 0.717) is 16.3 Å². The second-order valence-electron chi connectivity index (χ2n) is 7.48. The predicted octanol–water partition coefficient (Wildman–Crippen LogP) is 7.44. The van der Waals surface area contributed by atoms with Crippen molar-refractivity contribution in [2.75, 3.05) is 0 Å². The number of nitrogens with zero attached hydrogens (tertiary/aromatic N) is 1. The molecule has 0 fully saturated rings. The van der Waals surface area contributed by atoms with E-state index in [4.69, 9.17) is 16.6 Å². The van der Waals surface area contributed by atoms with Gasteiger partial charge in [0.05, 0.1) is 11.2 Å². The standard InChI is InChI=1S/C27H17ClFNO2/c28-19-9-5-16(6-10-19)21-15-25(18-8-12-27(32)23(29)14-18)30-24-11-7-17(13-22(21)24)20-3-1-2-4-26(20)31/h1-15,31-32H. The summed E-state index contributed by atoms with van der Waals surface area (Å²) in [7, 11) is 0. The fourth-order valence-electron chi connectivity index (χ4n) is 3.79. The number of para-hydroxylation sites is 1. The van der Waals surface area contributed by atoms with E-state index in [2.05, 4.69) is 0 Å². The summed E-state index contributed by atoms with van der Waals surface area (Å²) in [6, 6.07) is 26.5. The van der Waals surface area contributed by atoms with Gasteiger partial charge in [-0.15, -0.1) is 0 Å². The van der Waals surface area contributed by atoms with Gasteiger partial charge in [-0.2, -0.15) is 0 Å². The third kappa shape index (κ3) is 3.66. The lowest BCUT2D eigenvalue weighted by Crippen LogP contribution is -1.92. The van der Waals surface area contributed by atoms with E-state index < -0.39 is 11.6 Å². The maximum atomic E-state index is 14.0. The zero-order chi connectivity index (χ0) is 22.2. The third-order valence-electron chi connectivity index (χ3n) is 5.42. The van der Waals surface area contributed by atoms with Crippen LogP contribution in [-0.2, 0) is 0 Å². The molecule has 5 heteroatoms. The normalized spacial score (nSPS) is 11.1. The maximum Gasteiger partial charge on any atom is 0.165 e. The largest absolute Gasteiger partial charge is 0.507 e. The number of benzene rings is 4. The number of aromatic nitrogens is 1. The molecule has 5 aromatic rings. The molecule has 0 aliphatic rings. The van der Waals surface area contributed by atoms with Crippen LogP contribution in [0.5, 0.6) is 11.5 Å². The highest BCUT2D eigenvalue weighted by Crippen LogP contribution is 2.37. The Morgan fingerprint density at radius 3 is 2.12 bits per heavy atom. The number of halogens is 2. The highest BCUT2D eigenvalue weighted by atomic mass is 35.5. The summed E-state index contributed by atoms with van der Waals surface area (Å²) in [6.45, 7) is 0. The number of rotatable bonds is 3. The van der Waals surface area contributed by atoms with Crippen molar-refractivity contribution >= 4 is 22.5 Å². The molecule has 0 atom stereocenters. The number of fused-ring (bicyclic) bond motifs is 1. The van der Waals surface area contributed by atoms with Crippen LogP contribution in [0.15, 0.2) is 91.0 Å². The number of pyridine rings is 1. The average molecular weight is 442 g/mol. The molecule has 0 aliphatic heterocycles. The Bertz CT molecular complexity index is 1470. The van der Waals surface area contributed by atoms with E-state index in [0.717, 1.165) is 33.2 Å². The zero-order valence-corrected chi connectivity index (χ0v) is 17.5. The summed E-state index contributed by atoms with van der Waals surface area (Å²) in [4.78, 5) is 4.74. The molecule has 5 rings (SSSR count). The van der Waals surface area contributed by atoms with Crippen molar-refractivity contribution in [3.63, 3.8) is 0 Å². The van der Waals surface area contributed by atoms with Gasteiger partial charge in [-0.05, 0) is 71.3 Å². The van der Waals surface area contributed by atoms with E-state index in [1.165, 1.54) is 12.1 Å². The molecule has 0 spiro atoms. The first-order valence-electron chi connectivity index (χ1n) is 9.97. The summed E-state index contributed by atoms with van der Waals surface area (Å²) < 4.78 is 14.0. The van der Waals surface area contributed by atoms with Crippen molar-refractivity contribution in [1.82, 2.24) is 4.98 Å². The molecule has 4 aromatic carbocycles. The highest BCUT2D eigenvalue weighted by Gasteiger charge is 2.13. The van der Waals surface area contributed by atoms with Crippen LogP contribution in [-0.4, -0.2) is 15.2 Å². The molecule has 0 saturated carbocycles. The van der Waals surface area contributed by atoms with E-state index in [9.17, 15) is 14.6 Å². The summed E-state index contributed by atoms with van der Waals surface area (Å²) in [6.07, 6.45) is 0. The first-order valence-corrected chi connectivity index (χ1v) is 10.4. The Kier molecular flexibility index (Phi) is 5.00. The van der Waals surface area contributed by atoms with Gasteiger partial charge in [-0.1, -0.05) is 48.0 Å². The fourth-order valence-corrected chi connectivity index (χ4v) is 3.92. The van der Waals surface area contributed by atoms with Gasteiger partial charge in [-0.3, -0.25) is 0 Å². The number of hydrogen-bond acceptors (Lipinski definition) is 3. The van der Waals surface area contributed by atoms with Gasteiger partial charge < -0.3 is 10.2 Å². The summed E-state index contributed by atoms with van der Waals surface area (Å²) >= 11 is 6.09. The number of phenolic OH excluding ortho intramolecular Hbond substituents is 2. The zero-order valence-electron chi connectivity index (χ0n) is 16.8. The van der Waals surface area contributed by atoms with Crippen LogP contribution in [0, 0.1) is 5.82 Å². The van der Waals surface area contributed by atoms with E-state index in [-0.39, 0.29) is 5.75 Å². The molecule has 0 radical (unpaired) electrons. The Hall–Kier alpha value is -3.89. The fraction of sp³-hybridized carbons (Fsp3) is 0. The van der Waals surface area contributed by atoms with Crippen molar-refractivity contribution in [3.8, 4) is 45.0 Å². The van der Waals surface area contributed by atoms with Crippen molar-refractivity contribution in [2.24, 2.45) is 0 Å². The van der Waals surface area contributed by atoms with Crippen LogP contribution in [0.1, 0.15) is 0 Å². The minimum absolute atomic E-state index is 0.198. The van der Waals surface area contributed by atoms with Gasteiger partial charge in [-0.25, -0.2) is 9.37 Å². The van der Waals surface area contributed by atoms with E-state index in [1.54, 1.807) is 18.2 Å². The molecule has 0 amide bonds. The molecule has 0 bridgehead atoms. The van der Waals surface area contributed by atoms with Crippen LogP contribution in [0.2, 0.25) is 5.02 Å². The van der Waals surface area contributed by atoms with Crippen LogP contribution in [0.3, 0.4) is 0 Å². The SMILES string of the molecule is Oc1ccc(-c2cc(-c3ccc(Cl)cc3)c3cc(-c4ccccc4O)ccc3n2)cc1F. The van der Waals surface area contributed by atoms with Gasteiger partial charge in [0, 0.05) is 21.5 Å². The number of hydrogen-bond donors (Lipinski definition) is 2. The Labute approximate surface area is 189 Å². The first-order chi connectivity index (χ1) is 15.5. The molecule has 2 N–H and O–H groups in total. The summed E-state index contributed by atoms with van der Waals surface area (Å²) in [5, 5.41) is 21.4. The Morgan fingerprint density at radius 1 is 0.656 bits per heavy atom. The molecule has 156 valence electrons. The predicted molar refractivity (Wildman–Crippen MR) is 126 cm³/mol. The molecule has 32 heavy (non-hydrogen) atoms. The number of aromatic hydroxyl groups is 2. The molecule has 1 aromatic heterocycles. The third-order valence-corrected chi connectivity index (χ3v) is 5.67. The number of phenols is 2. The molecule has 0 unspecified atom stereocenters. The maximum absolute atomic E-state index is 14.0. The van der Waals surface area contributed by atoms with Crippen molar-refractivity contribution in [3.05, 3.63) is 102 Å². The second-order valence-corrected chi connectivity index (χ2v) is 7.91. The molecule has 0 saturated heterocycles. The van der Waals surface area contributed by atoms with Crippen molar-refractivity contribution < 1.29 is 14.6 Å². The Balaban J connectivity index is 1.77. The summed E-state index contributed by atoms with van der Waals surface area (Å²) in [5.41, 5.74) is 5.26. The molecular formula is C27H17ClFNO2. The lowest BCUT2D eigenvalue weighted by Gasteiger charge is -2.13. The van der Waals surface area contributed by atoms with Crippen molar-refractivity contribution in [1.29, 1.82) is 0 Å². The minimum atomic E-state index is -0.702. The van der Waals surface area contributed by atoms with Crippen molar-refractivity contribution in [2.45, 2.75) is 0 Å². The lowest BCUT2D eigenvalue weighted by atomic mass is 9.95. The van der Waals surface area contributed by atoms with Gasteiger partial charge in [0.1, 0.15) is 5.75 Å². The second kappa shape index (κ2) is 7.98. The quantitative estimate of drug-likeness (QED) is 0.306. The highest BCUT2D eigenvalue weighted by molar-refractivity contribution is 6.30. The first kappa shape index (κ1) is 20.0. The molecule has 3 nitrogen and oxygen atoms in total. The van der Waals surface area contributed by atoms with E-state index >= 15 is 0 Å². The van der Waals surface area contributed by atoms with Crippen LogP contribution >= 0.6 is 11.6 Å². The molecule has 0 aliphatic carbocycles. The monoisotopic (exact) mass is 441 g/mol. The minimum Gasteiger partial charge on any atom is -0.507 e. The van der Waals surface area contributed by atoms with Crippen LogP contribution < -0.4 is 0 Å². The smallest absolute Gasteiger partial charge is 0.165 e. The van der Waals surface area contributed by atoms with Crippen LogP contribution in [0.25, 0.3) is 44.4 Å².